The Morgan fingerprint density at radius 1 is 0.957 bits per heavy atom. The molecule has 1 aromatic heterocycles. The van der Waals surface area contributed by atoms with Crippen LogP contribution in [0.4, 0.5) is 5.69 Å². The van der Waals surface area contributed by atoms with Crippen LogP contribution in [0.5, 0.6) is 0 Å². The fraction of sp³-hybridized carbons (Fsp3) is 0.421. The summed E-state index contributed by atoms with van der Waals surface area (Å²) in [6.07, 6.45) is 9.38. The zero-order chi connectivity index (χ0) is 15.5. The van der Waals surface area contributed by atoms with Crippen LogP contribution < -0.4 is 9.62 Å². The van der Waals surface area contributed by atoms with Gasteiger partial charge in [-0.15, -0.1) is 0 Å². The number of benzene rings is 1. The maximum atomic E-state index is 4.04. The molecule has 4 heteroatoms. The normalized spacial score (nSPS) is 19.0. The van der Waals surface area contributed by atoms with Crippen molar-refractivity contribution in [2.75, 3.05) is 18.0 Å². The van der Waals surface area contributed by atoms with E-state index in [-0.39, 0.29) is 0 Å². The summed E-state index contributed by atoms with van der Waals surface area (Å²) in [6, 6.07) is 13.1. The van der Waals surface area contributed by atoms with Crippen molar-refractivity contribution in [3.05, 3.63) is 54.4 Å². The number of nitrogens with one attached hydrogen (secondary N) is 1. The van der Waals surface area contributed by atoms with Gasteiger partial charge in [-0.2, -0.15) is 0 Å². The lowest BCUT2D eigenvalue weighted by Gasteiger charge is -2.33. The number of hydrogen-bond donors (Lipinski definition) is 1. The van der Waals surface area contributed by atoms with Crippen molar-refractivity contribution < 1.29 is 0 Å². The van der Waals surface area contributed by atoms with E-state index in [0.717, 1.165) is 12.0 Å². The van der Waals surface area contributed by atoms with Crippen LogP contribution in [0.3, 0.4) is 0 Å². The molecule has 1 N–H and O–H groups in total. The molecule has 2 fully saturated rings. The van der Waals surface area contributed by atoms with E-state index in [1.165, 1.54) is 54.9 Å². The molecule has 1 saturated heterocycles. The predicted octanol–water partition coefficient (Wildman–Crippen LogP) is 4.26. The van der Waals surface area contributed by atoms with Crippen molar-refractivity contribution in [3.8, 4) is 0 Å². The first-order valence-corrected chi connectivity index (χ1v) is 9.28. The Kier molecular flexibility index (Phi) is 4.27. The van der Waals surface area contributed by atoms with Crippen molar-refractivity contribution in [3.63, 3.8) is 0 Å². The lowest BCUT2D eigenvalue weighted by atomic mass is 9.93. The van der Waals surface area contributed by atoms with Gasteiger partial charge in [0.25, 0.3) is 0 Å². The average molecular weight is 325 g/mol. The first kappa shape index (κ1) is 15.0. The van der Waals surface area contributed by atoms with E-state index in [2.05, 4.69) is 38.9 Å². The number of piperidine rings is 1. The molecular formula is C19H23N3S. The molecular weight excluding hydrogens is 302 g/mol. The summed E-state index contributed by atoms with van der Waals surface area (Å²) < 4.78 is 3.41. The highest BCUT2D eigenvalue weighted by molar-refractivity contribution is 7.97. The second-order valence-electron chi connectivity index (χ2n) is 6.76. The third-order valence-corrected chi connectivity index (χ3v) is 6.00. The summed E-state index contributed by atoms with van der Waals surface area (Å²) in [6.45, 7) is 3.31. The molecule has 23 heavy (non-hydrogen) atoms. The van der Waals surface area contributed by atoms with Crippen LogP contribution in [0.1, 0.15) is 31.2 Å². The van der Waals surface area contributed by atoms with Crippen molar-refractivity contribution in [1.82, 2.24) is 9.71 Å². The number of nitrogens with zero attached hydrogens (tertiary/aromatic N) is 2. The van der Waals surface area contributed by atoms with Gasteiger partial charge in [0, 0.05) is 42.6 Å². The summed E-state index contributed by atoms with van der Waals surface area (Å²) in [5.74, 6) is 0. The molecule has 0 atom stereocenters. The summed E-state index contributed by atoms with van der Waals surface area (Å²) in [5.41, 5.74) is 3.38. The van der Waals surface area contributed by atoms with Gasteiger partial charge in [0.2, 0.25) is 0 Å². The Morgan fingerprint density at radius 3 is 2.30 bits per heavy atom. The largest absolute Gasteiger partial charge is 0.371 e. The first-order chi connectivity index (χ1) is 11.3. The minimum Gasteiger partial charge on any atom is -0.371 e. The van der Waals surface area contributed by atoms with Crippen LogP contribution in [0.2, 0.25) is 0 Å². The molecule has 0 amide bonds. The predicted molar refractivity (Wildman–Crippen MR) is 96.5 cm³/mol. The van der Waals surface area contributed by atoms with Gasteiger partial charge in [-0.1, -0.05) is 0 Å². The molecule has 2 aromatic rings. The summed E-state index contributed by atoms with van der Waals surface area (Å²) >= 11 is 1.69. The molecule has 4 rings (SSSR count). The molecule has 3 nitrogen and oxygen atoms in total. The van der Waals surface area contributed by atoms with Crippen LogP contribution >= 0.6 is 11.9 Å². The summed E-state index contributed by atoms with van der Waals surface area (Å²) in [5, 5.41) is 0. The molecule has 120 valence electrons. The molecule has 1 aromatic carbocycles. The van der Waals surface area contributed by atoms with Crippen LogP contribution in [-0.2, 0) is 6.54 Å². The zero-order valence-corrected chi connectivity index (χ0v) is 14.2. The highest BCUT2D eigenvalue weighted by Gasteiger charge is 2.44. The smallest absolute Gasteiger partial charge is 0.0366 e. The highest BCUT2D eigenvalue weighted by Crippen LogP contribution is 2.53. The van der Waals surface area contributed by atoms with Gasteiger partial charge >= 0.3 is 0 Å². The van der Waals surface area contributed by atoms with Gasteiger partial charge in [-0.25, -0.2) is 0 Å². The van der Waals surface area contributed by atoms with Gasteiger partial charge in [0.15, 0.2) is 0 Å². The van der Waals surface area contributed by atoms with Gasteiger partial charge in [-0.3, -0.25) is 9.71 Å². The Labute approximate surface area is 142 Å². The molecule has 2 heterocycles. The third-order valence-electron chi connectivity index (χ3n) is 5.20. The monoisotopic (exact) mass is 325 g/mol. The third kappa shape index (κ3) is 3.70. The van der Waals surface area contributed by atoms with Crippen LogP contribution in [0, 0.1) is 5.41 Å². The van der Waals surface area contributed by atoms with Crippen LogP contribution in [-0.4, -0.2) is 18.1 Å². The molecule has 0 radical (unpaired) electrons. The lowest BCUT2D eigenvalue weighted by molar-refractivity contribution is 0.384. The van der Waals surface area contributed by atoms with Crippen molar-refractivity contribution in [2.24, 2.45) is 5.41 Å². The minimum atomic E-state index is 0.753. The number of aromatic nitrogens is 1. The minimum absolute atomic E-state index is 0.753. The Morgan fingerprint density at radius 2 is 1.65 bits per heavy atom. The number of hydrogen-bond acceptors (Lipinski definition) is 4. The standard InChI is InChI=1S/C19H23N3S/c1-3-18(23-21-15-16-5-11-20-12-6-16)4-2-17(1)22-13-9-19(7-8-19)10-14-22/h1-6,11-12,21H,7-10,13-15H2. The molecule has 2 aliphatic rings. The van der Waals surface area contributed by atoms with E-state index < -0.39 is 0 Å². The zero-order valence-electron chi connectivity index (χ0n) is 13.4. The summed E-state index contributed by atoms with van der Waals surface area (Å²) in [7, 11) is 0. The second kappa shape index (κ2) is 6.54. The Balaban J connectivity index is 1.28. The molecule has 1 aliphatic heterocycles. The van der Waals surface area contributed by atoms with Crippen LogP contribution in [0.15, 0.2) is 53.7 Å². The number of anilines is 1. The lowest BCUT2D eigenvalue weighted by Crippen LogP contribution is -2.34. The Hall–Kier alpha value is -1.52. The molecule has 0 bridgehead atoms. The van der Waals surface area contributed by atoms with E-state index >= 15 is 0 Å². The van der Waals surface area contributed by atoms with E-state index in [1.54, 1.807) is 11.9 Å². The van der Waals surface area contributed by atoms with E-state index in [4.69, 9.17) is 0 Å². The van der Waals surface area contributed by atoms with Gasteiger partial charge < -0.3 is 4.90 Å². The van der Waals surface area contributed by atoms with E-state index in [1.807, 2.05) is 24.5 Å². The highest BCUT2D eigenvalue weighted by atomic mass is 32.2. The van der Waals surface area contributed by atoms with Crippen molar-refractivity contribution >= 4 is 17.6 Å². The first-order valence-electron chi connectivity index (χ1n) is 8.47. The molecule has 1 spiro atoms. The van der Waals surface area contributed by atoms with Crippen LogP contribution in [0.25, 0.3) is 0 Å². The fourth-order valence-electron chi connectivity index (χ4n) is 3.34. The summed E-state index contributed by atoms with van der Waals surface area (Å²) in [4.78, 5) is 7.85. The number of rotatable bonds is 5. The van der Waals surface area contributed by atoms with Gasteiger partial charge in [-0.05, 0) is 85.0 Å². The molecule has 0 unspecified atom stereocenters. The maximum absolute atomic E-state index is 4.04. The fourth-order valence-corrected chi connectivity index (χ4v) is 4.02. The topological polar surface area (TPSA) is 28.2 Å². The molecule has 1 saturated carbocycles. The average Bonchev–Trinajstić information content (AvgIpc) is 3.36. The van der Waals surface area contributed by atoms with Gasteiger partial charge in [0.05, 0.1) is 0 Å². The quantitative estimate of drug-likeness (QED) is 0.832. The second-order valence-corrected chi connectivity index (χ2v) is 7.72. The van der Waals surface area contributed by atoms with Crippen molar-refractivity contribution in [2.45, 2.75) is 37.1 Å². The Bertz CT molecular complexity index is 627. The van der Waals surface area contributed by atoms with E-state index in [9.17, 15) is 0 Å². The van der Waals surface area contributed by atoms with E-state index in [0.29, 0.717) is 0 Å². The van der Waals surface area contributed by atoms with Crippen molar-refractivity contribution in [1.29, 1.82) is 0 Å². The SMILES string of the molecule is c1cc(CNSc2ccc(N3CCC4(CC3)CC4)cc2)ccn1. The molecule has 1 aliphatic carbocycles. The van der Waals surface area contributed by atoms with Gasteiger partial charge in [0.1, 0.15) is 0 Å². The number of pyridine rings is 1. The maximum Gasteiger partial charge on any atom is 0.0366 e.